The Hall–Kier alpha value is -4.23. The van der Waals surface area contributed by atoms with Gasteiger partial charge in [0.15, 0.2) is 0 Å². The summed E-state index contributed by atoms with van der Waals surface area (Å²) in [5.41, 5.74) is -0.190. The van der Waals surface area contributed by atoms with Crippen molar-refractivity contribution in [2.75, 3.05) is 18.0 Å². The van der Waals surface area contributed by atoms with Crippen molar-refractivity contribution in [3.8, 4) is 5.75 Å². The maximum absolute atomic E-state index is 14.8. The second kappa shape index (κ2) is 14.2. The van der Waals surface area contributed by atoms with Crippen LogP contribution in [0.1, 0.15) is 43.7 Å². The van der Waals surface area contributed by atoms with Gasteiger partial charge in [0.25, 0.3) is 15.7 Å². The summed E-state index contributed by atoms with van der Waals surface area (Å²) in [6, 6.07) is 12.2. The Labute approximate surface area is 266 Å². The van der Waals surface area contributed by atoms with Crippen LogP contribution in [0.15, 0.2) is 65.6 Å². The predicted molar refractivity (Wildman–Crippen MR) is 167 cm³/mol. The Balaban J connectivity index is 1.79. The standard InChI is InChI=1S/C31H34ClFN4O7S/c1-20-12-14-25(17-27(20)37(40)41)45(42,43)36(28-16-23(32)13-15-29(28)44-3)19-30(38)35(18-22-8-4-7-11-26(22)33)21(2)31(39)34-24-9-5-6-10-24/h4,7-8,11-17,21,24H,5-6,9-10,18-19H2,1-3H3,(H,34,39)/t21-/m0/s1. The topological polar surface area (TPSA) is 139 Å². The van der Waals surface area contributed by atoms with E-state index < -0.39 is 55.7 Å². The van der Waals surface area contributed by atoms with Gasteiger partial charge in [-0.3, -0.25) is 24.0 Å². The van der Waals surface area contributed by atoms with Gasteiger partial charge in [0.05, 0.1) is 22.6 Å². The first-order valence-electron chi connectivity index (χ1n) is 14.3. The zero-order valence-electron chi connectivity index (χ0n) is 25.0. The molecule has 1 fully saturated rings. The molecule has 240 valence electrons. The largest absolute Gasteiger partial charge is 0.495 e. The van der Waals surface area contributed by atoms with E-state index in [4.69, 9.17) is 16.3 Å². The predicted octanol–water partition coefficient (Wildman–Crippen LogP) is 5.38. The van der Waals surface area contributed by atoms with Crippen LogP contribution in [0, 0.1) is 22.9 Å². The summed E-state index contributed by atoms with van der Waals surface area (Å²) in [6.45, 7) is 1.76. The minimum absolute atomic E-state index is 0.0464. The summed E-state index contributed by atoms with van der Waals surface area (Å²) in [6.07, 6.45) is 3.51. The second-order valence-electron chi connectivity index (χ2n) is 10.8. The second-order valence-corrected chi connectivity index (χ2v) is 13.1. The van der Waals surface area contributed by atoms with E-state index in [1.54, 1.807) is 6.07 Å². The van der Waals surface area contributed by atoms with Crippen molar-refractivity contribution in [1.29, 1.82) is 0 Å². The molecule has 1 N–H and O–H groups in total. The molecule has 0 aromatic heterocycles. The number of methoxy groups -OCH3 is 1. The first-order valence-corrected chi connectivity index (χ1v) is 16.1. The van der Waals surface area contributed by atoms with Crippen molar-refractivity contribution in [3.05, 3.63) is 92.7 Å². The molecule has 0 spiro atoms. The molecule has 3 aromatic rings. The van der Waals surface area contributed by atoms with Crippen LogP contribution in [-0.2, 0) is 26.2 Å². The quantitative estimate of drug-likeness (QED) is 0.203. The highest BCUT2D eigenvalue weighted by Crippen LogP contribution is 2.36. The SMILES string of the molecule is COc1ccc(Cl)cc1N(CC(=O)N(Cc1ccccc1F)[C@@H](C)C(=O)NC1CCCC1)S(=O)(=O)c1ccc(C)c([N+](=O)[O-])c1. The molecule has 1 saturated carbocycles. The zero-order valence-corrected chi connectivity index (χ0v) is 26.6. The summed E-state index contributed by atoms with van der Waals surface area (Å²) in [5.74, 6) is -1.85. The summed E-state index contributed by atoms with van der Waals surface area (Å²) < 4.78 is 49.3. The Morgan fingerprint density at radius 1 is 1.13 bits per heavy atom. The fourth-order valence-electron chi connectivity index (χ4n) is 5.23. The number of carbonyl (C=O) groups excluding carboxylic acids is 2. The number of anilines is 1. The van der Waals surface area contributed by atoms with Crippen LogP contribution in [-0.4, -0.2) is 55.8 Å². The summed E-state index contributed by atoms with van der Waals surface area (Å²) >= 11 is 6.24. The van der Waals surface area contributed by atoms with Crippen LogP contribution in [0.3, 0.4) is 0 Å². The summed E-state index contributed by atoms with van der Waals surface area (Å²) in [4.78, 5) is 39.1. The monoisotopic (exact) mass is 660 g/mol. The number of ether oxygens (including phenoxy) is 1. The molecule has 0 aliphatic heterocycles. The third kappa shape index (κ3) is 7.71. The van der Waals surface area contributed by atoms with Gasteiger partial charge in [0.1, 0.15) is 24.2 Å². The van der Waals surface area contributed by atoms with Gasteiger partial charge < -0.3 is 15.0 Å². The van der Waals surface area contributed by atoms with Crippen molar-refractivity contribution in [3.63, 3.8) is 0 Å². The van der Waals surface area contributed by atoms with Gasteiger partial charge in [0, 0.05) is 34.8 Å². The van der Waals surface area contributed by atoms with Crippen LogP contribution in [0.2, 0.25) is 5.02 Å². The number of nitro benzene ring substituents is 1. The highest BCUT2D eigenvalue weighted by atomic mass is 35.5. The molecule has 3 aromatic carbocycles. The van der Waals surface area contributed by atoms with E-state index >= 15 is 0 Å². The first kappa shape index (κ1) is 33.7. The maximum Gasteiger partial charge on any atom is 0.273 e. The Kier molecular flexibility index (Phi) is 10.7. The molecule has 1 aliphatic carbocycles. The smallest absolute Gasteiger partial charge is 0.273 e. The highest BCUT2D eigenvalue weighted by Gasteiger charge is 2.35. The van der Waals surface area contributed by atoms with Crippen molar-refractivity contribution in [2.24, 2.45) is 0 Å². The van der Waals surface area contributed by atoms with E-state index in [1.807, 2.05) is 0 Å². The van der Waals surface area contributed by atoms with Crippen LogP contribution in [0.5, 0.6) is 5.75 Å². The van der Waals surface area contributed by atoms with E-state index in [9.17, 15) is 32.5 Å². The number of hydrogen-bond donors (Lipinski definition) is 1. The molecule has 11 nitrogen and oxygen atoms in total. The highest BCUT2D eigenvalue weighted by molar-refractivity contribution is 7.92. The molecule has 0 radical (unpaired) electrons. The maximum atomic E-state index is 14.8. The molecule has 2 amide bonds. The van der Waals surface area contributed by atoms with Gasteiger partial charge in [-0.05, 0) is 57.0 Å². The van der Waals surface area contributed by atoms with Crippen molar-refractivity contribution >= 4 is 44.8 Å². The lowest BCUT2D eigenvalue weighted by molar-refractivity contribution is -0.385. The van der Waals surface area contributed by atoms with E-state index in [0.29, 0.717) is 0 Å². The number of halogens is 2. The van der Waals surface area contributed by atoms with Crippen LogP contribution >= 0.6 is 11.6 Å². The number of aryl methyl sites for hydroxylation is 1. The fraction of sp³-hybridized carbons (Fsp3) is 0.355. The number of hydrogen-bond acceptors (Lipinski definition) is 7. The average molecular weight is 661 g/mol. The van der Waals surface area contributed by atoms with Crippen LogP contribution in [0.4, 0.5) is 15.8 Å². The van der Waals surface area contributed by atoms with E-state index in [0.717, 1.165) is 41.0 Å². The summed E-state index contributed by atoms with van der Waals surface area (Å²) in [5, 5.41) is 14.7. The normalized spacial score (nSPS) is 14.1. The Bertz CT molecular complexity index is 1700. The van der Waals surface area contributed by atoms with E-state index in [2.05, 4.69) is 5.32 Å². The number of nitrogens with one attached hydrogen (secondary N) is 1. The van der Waals surface area contributed by atoms with Crippen LogP contribution < -0.4 is 14.4 Å². The number of nitro groups is 1. The third-order valence-electron chi connectivity index (χ3n) is 7.82. The Morgan fingerprint density at radius 3 is 2.47 bits per heavy atom. The molecule has 1 aliphatic rings. The van der Waals surface area contributed by atoms with Crippen LogP contribution in [0.25, 0.3) is 0 Å². The lowest BCUT2D eigenvalue weighted by Crippen LogP contribution is -2.52. The molecular formula is C31H34ClFN4O7S. The number of benzene rings is 3. The number of amides is 2. The number of carbonyl (C=O) groups is 2. The molecule has 1 atom stereocenters. The fourth-order valence-corrected chi connectivity index (χ4v) is 6.83. The van der Waals surface area contributed by atoms with Crippen molar-refractivity contribution < 1.29 is 32.1 Å². The number of rotatable bonds is 12. The average Bonchev–Trinajstić information content (AvgIpc) is 3.52. The third-order valence-corrected chi connectivity index (χ3v) is 9.81. The van der Waals surface area contributed by atoms with Gasteiger partial charge in [-0.1, -0.05) is 48.7 Å². The molecular weight excluding hydrogens is 627 g/mol. The minimum Gasteiger partial charge on any atom is -0.495 e. The molecule has 0 unspecified atom stereocenters. The number of nitrogens with zero attached hydrogens (tertiary/aromatic N) is 3. The zero-order chi connectivity index (χ0) is 32.9. The molecule has 14 heteroatoms. The van der Waals surface area contributed by atoms with Gasteiger partial charge in [-0.25, -0.2) is 12.8 Å². The van der Waals surface area contributed by atoms with E-state index in [-0.39, 0.29) is 40.2 Å². The molecule has 0 saturated heterocycles. The van der Waals surface area contributed by atoms with Gasteiger partial charge in [-0.2, -0.15) is 0 Å². The lowest BCUT2D eigenvalue weighted by atomic mass is 10.1. The molecule has 4 rings (SSSR count). The molecule has 0 bridgehead atoms. The number of sulfonamides is 1. The molecule has 0 heterocycles. The van der Waals surface area contributed by atoms with Crippen molar-refractivity contribution in [2.45, 2.75) is 63.1 Å². The van der Waals surface area contributed by atoms with Crippen molar-refractivity contribution in [1.82, 2.24) is 10.2 Å². The minimum atomic E-state index is -4.68. The lowest BCUT2D eigenvalue weighted by Gasteiger charge is -2.33. The van der Waals surface area contributed by atoms with Gasteiger partial charge in [0.2, 0.25) is 11.8 Å². The Morgan fingerprint density at radius 2 is 1.82 bits per heavy atom. The van der Waals surface area contributed by atoms with E-state index in [1.165, 1.54) is 69.5 Å². The van der Waals surface area contributed by atoms with Gasteiger partial charge >= 0.3 is 0 Å². The summed E-state index contributed by atoms with van der Waals surface area (Å²) in [7, 11) is -3.38. The first-order chi connectivity index (χ1) is 21.3. The van der Waals surface area contributed by atoms with Gasteiger partial charge in [-0.15, -0.1) is 0 Å². The molecule has 45 heavy (non-hydrogen) atoms.